The van der Waals surface area contributed by atoms with Gasteiger partial charge in [-0.25, -0.2) is 0 Å². The quantitative estimate of drug-likeness (QED) is 0.568. The van der Waals surface area contributed by atoms with Gasteiger partial charge in [0.25, 0.3) is 5.91 Å². The van der Waals surface area contributed by atoms with Crippen LogP contribution < -0.4 is 10.6 Å². The van der Waals surface area contributed by atoms with Gasteiger partial charge in [-0.2, -0.15) is 0 Å². The largest absolute Gasteiger partial charge is 0.368 e. The molecule has 1 heterocycles. The minimum atomic E-state index is -0.348. The summed E-state index contributed by atoms with van der Waals surface area (Å²) < 4.78 is 5.35. The van der Waals surface area contributed by atoms with Crippen LogP contribution in [0.4, 0.5) is 11.4 Å². The monoisotopic (exact) mass is 328 g/mol. The van der Waals surface area contributed by atoms with Crippen molar-refractivity contribution >= 4 is 23.2 Å². The molecule has 0 aromatic heterocycles. The molecular formula is C19H24N2O3. The van der Waals surface area contributed by atoms with Crippen molar-refractivity contribution in [2.24, 2.45) is 0 Å². The maximum atomic E-state index is 12.0. The Labute approximate surface area is 143 Å². The Morgan fingerprint density at radius 3 is 2.46 bits per heavy atom. The highest BCUT2D eigenvalue weighted by atomic mass is 16.5. The molecule has 0 aliphatic carbocycles. The van der Waals surface area contributed by atoms with Gasteiger partial charge in [-0.15, -0.1) is 12.3 Å². The first-order valence-electron chi connectivity index (χ1n) is 8.45. The van der Waals surface area contributed by atoms with E-state index in [0.717, 1.165) is 44.2 Å². The number of terminal acetylenes is 1. The van der Waals surface area contributed by atoms with Crippen molar-refractivity contribution in [2.75, 3.05) is 17.2 Å². The minimum absolute atomic E-state index is 0.00755. The molecule has 1 aliphatic rings. The van der Waals surface area contributed by atoms with Gasteiger partial charge in [0.1, 0.15) is 6.10 Å². The van der Waals surface area contributed by atoms with Crippen molar-refractivity contribution < 1.29 is 14.3 Å². The van der Waals surface area contributed by atoms with Crippen LogP contribution >= 0.6 is 0 Å². The number of hydrogen-bond acceptors (Lipinski definition) is 3. The molecule has 1 atom stereocenters. The van der Waals surface area contributed by atoms with E-state index < -0.39 is 0 Å². The van der Waals surface area contributed by atoms with Crippen molar-refractivity contribution in [2.45, 2.75) is 51.0 Å². The molecule has 1 aromatic carbocycles. The van der Waals surface area contributed by atoms with Crippen LogP contribution in [-0.4, -0.2) is 24.5 Å². The second-order valence-electron chi connectivity index (χ2n) is 5.88. The maximum absolute atomic E-state index is 12.0. The summed E-state index contributed by atoms with van der Waals surface area (Å²) >= 11 is 0. The SMILES string of the molecule is C#CCCCCCC(=O)Nc1ccc(NC(=O)[C@H]2CCCO2)cc1. The Morgan fingerprint density at radius 1 is 1.12 bits per heavy atom. The molecule has 2 amide bonds. The Morgan fingerprint density at radius 2 is 1.83 bits per heavy atom. The molecule has 0 unspecified atom stereocenters. The van der Waals surface area contributed by atoms with E-state index in [1.165, 1.54) is 0 Å². The topological polar surface area (TPSA) is 67.4 Å². The van der Waals surface area contributed by atoms with Gasteiger partial charge in [0.2, 0.25) is 5.91 Å². The molecule has 2 N–H and O–H groups in total. The van der Waals surface area contributed by atoms with E-state index in [2.05, 4.69) is 16.6 Å². The molecule has 24 heavy (non-hydrogen) atoms. The summed E-state index contributed by atoms with van der Waals surface area (Å²) in [6.07, 6.45) is 10.5. The van der Waals surface area contributed by atoms with E-state index in [1.54, 1.807) is 24.3 Å². The second kappa shape index (κ2) is 9.74. The van der Waals surface area contributed by atoms with Crippen LogP contribution in [0.15, 0.2) is 24.3 Å². The van der Waals surface area contributed by atoms with Crippen LogP contribution in [0.3, 0.4) is 0 Å². The predicted molar refractivity (Wildman–Crippen MR) is 94.6 cm³/mol. The summed E-state index contributed by atoms with van der Waals surface area (Å²) in [6, 6.07) is 7.10. The number of carbonyl (C=O) groups is 2. The van der Waals surface area contributed by atoms with Crippen LogP contribution in [0.25, 0.3) is 0 Å². The van der Waals surface area contributed by atoms with Gasteiger partial charge in [-0.05, 0) is 49.9 Å². The number of hydrogen-bond donors (Lipinski definition) is 2. The molecule has 2 rings (SSSR count). The first-order valence-corrected chi connectivity index (χ1v) is 8.45. The van der Waals surface area contributed by atoms with Gasteiger partial charge in [0.05, 0.1) is 0 Å². The highest BCUT2D eigenvalue weighted by Gasteiger charge is 2.23. The molecule has 1 saturated heterocycles. The molecule has 1 fully saturated rings. The van der Waals surface area contributed by atoms with E-state index in [4.69, 9.17) is 11.2 Å². The lowest BCUT2D eigenvalue weighted by atomic mass is 10.1. The highest BCUT2D eigenvalue weighted by Crippen LogP contribution is 2.17. The lowest BCUT2D eigenvalue weighted by Crippen LogP contribution is -2.26. The first kappa shape index (κ1) is 18.0. The Kier molecular flexibility index (Phi) is 7.31. The third-order valence-electron chi connectivity index (χ3n) is 3.88. The van der Waals surface area contributed by atoms with Gasteiger partial charge >= 0.3 is 0 Å². The molecule has 0 radical (unpaired) electrons. The predicted octanol–water partition coefficient (Wildman–Crippen LogP) is 3.33. The number of rotatable bonds is 8. The molecule has 5 heteroatoms. The van der Waals surface area contributed by atoms with Crippen molar-refractivity contribution in [1.29, 1.82) is 0 Å². The number of amides is 2. The van der Waals surface area contributed by atoms with E-state index >= 15 is 0 Å². The highest BCUT2D eigenvalue weighted by molar-refractivity contribution is 5.95. The average Bonchev–Trinajstić information content (AvgIpc) is 3.11. The molecule has 0 spiro atoms. The zero-order valence-electron chi connectivity index (χ0n) is 13.8. The van der Waals surface area contributed by atoms with E-state index in [-0.39, 0.29) is 17.9 Å². The standard InChI is InChI=1S/C19H24N2O3/c1-2-3-4-5-6-9-18(22)20-15-10-12-16(13-11-15)21-19(23)17-8-7-14-24-17/h1,10-13,17H,3-9,14H2,(H,20,22)(H,21,23)/t17-/m1/s1. The van der Waals surface area contributed by atoms with Crippen molar-refractivity contribution in [3.05, 3.63) is 24.3 Å². The van der Waals surface area contributed by atoms with Gasteiger partial charge in [0, 0.05) is 30.8 Å². The van der Waals surface area contributed by atoms with Crippen molar-refractivity contribution in [3.63, 3.8) is 0 Å². The number of ether oxygens (including phenoxy) is 1. The zero-order valence-corrected chi connectivity index (χ0v) is 13.8. The smallest absolute Gasteiger partial charge is 0.253 e. The second-order valence-corrected chi connectivity index (χ2v) is 5.88. The van der Waals surface area contributed by atoms with Crippen LogP contribution in [0, 0.1) is 12.3 Å². The van der Waals surface area contributed by atoms with E-state index in [9.17, 15) is 9.59 Å². The van der Waals surface area contributed by atoms with Gasteiger partial charge in [-0.1, -0.05) is 6.42 Å². The summed E-state index contributed by atoms with van der Waals surface area (Å²) in [7, 11) is 0. The van der Waals surface area contributed by atoms with Crippen LogP contribution in [0.1, 0.15) is 44.9 Å². The van der Waals surface area contributed by atoms with Gasteiger partial charge in [0.15, 0.2) is 0 Å². The van der Waals surface area contributed by atoms with Crippen LogP contribution in [0.2, 0.25) is 0 Å². The van der Waals surface area contributed by atoms with Gasteiger partial charge < -0.3 is 15.4 Å². The molecule has 5 nitrogen and oxygen atoms in total. The van der Waals surface area contributed by atoms with Crippen LogP contribution in [0.5, 0.6) is 0 Å². The molecular weight excluding hydrogens is 304 g/mol. The molecule has 0 saturated carbocycles. The summed E-state index contributed by atoms with van der Waals surface area (Å²) in [4.78, 5) is 23.8. The third-order valence-corrected chi connectivity index (χ3v) is 3.88. The molecule has 1 aliphatic heterocycles. The summed E-state index contributed by atoms with van der Waals surface area (Å²) in [5.74, 6) is 2.47. The summed E-state index contributed by atoms with van der Waals surface area (Å²) in [5.41, 5.74) is 1.42. The Hall–Kier alpha value is -2.32. The molecule has 128 valence electrons. The lowest BCUT2D eigenvalue weighted by molar-refractivity contribution is -0.124. The minimum Gasteiger partial charge on any atom is -0.368 e. The van der Waals surface area contributed by atoms with Gasteiger partial charge in [-0.3, -0.25) is 9.59 Å². The first-order chi connectivity index (χ1) is 11.7. The third kappa shape index (κ3) is 6.05. The number of benzene rings is 1. The summed E-state index contributed by atoms with van der Waals surface area (Å²) in [5, 5.41) is 5.68. The fourth-order valence-electron chi connectivity index (χ4n) is 2.56. The zero-order chi connectivity index (χ0) is 17.2. The number of carbonyl (C=O) groups excluding carboxylic acids is 2. The normalized spacial score (nSPS) is 16.4. The van der Waals surface area contributed by atoms with E-state index in [0.29, 0.717) is 18.7 Å². The van der Waals surface area contributed by atoms with Crippen molar-refractivity contribution in [3.8, 4) is 12.3 Å². The number of nitrogens with one attached hydrogen (secondary N) is 2. The summed E-state index contributed by atoms with van der Waals surface area (Å²) in [6.45, 7) is 0.645. The average molecular weight is 328 g/mol. The lowest BCUT2D eigenvalue weighted by Gasteiger charge is -2.11. The number of anilines is 2. The Bertz CT molecular complexity index is 584. The molecule has 0 bridgehead atoms. The number of unbranched alkanes of at least 4 members (excludes halogenated alkanes) is 3. The maximum Gasteiger partial charge on any atom is 0.253 e. The van der Waals surface area contributed by atoms with Crippen molar-refractivity contribution in [1.82, 2.24) is 0 Å². The fraction of sp³-hybridized carbons (Fsp3) is 0.474. The fourth-order valence-corrected chi connectivity index (χ4v) is 2.56. The van der Waals surface area contributed by atoms with Crippen LogP contribution in [-0.2, 0) is 14.3 Å². The molecule has 1 aromatic rings. The Balaban J connectivity index is 1.72. The van der Waals surface area contributed by atoms with E-state index in [1.807, 2.05) is 0 Å².